The van der Waals surface area contributed by atoms with Crippen LogP contribution in [0, 0.1) is 20.8 Å². The zero-order valence-electron chi connectivity index (χ0n) is 16.9. The molecule has 4 aromatic rings. The number of carbonyl (C=O) groups excluding carboxylic acids is 1. The maximum absolute atomic E-state index is 12.9. The Labute approximate surface area is 169 Å². The number of para-hydroxylation sites is 2. The Bertz CT molecular complexity index is 1230. The topological polar surface area (TPSA) is 69.0 Å². The number of fused-ring (bicyclic) bond motifs is 1. The fraction of sp³-hybridized carbons (Fsp3) is 0.174. The summed E-state index contributed by atoms with van der Waals surface area (Å²) in [5.41, 5.74) is 4.36. The molecule has 0 atom stereocenters. The molecule has 0 radical (unpaired) electrons. The minimum absolute atomic E-state index is 0.266. The number of nitrogens with zero attached hydrogens (tertiary/aromatic N) is 3. The first-order valence-corrected chi connectivity index (χ1v) is 9.36. The van der Waals surface area contributed by atoms with E-state index in [0.29, 0.717) is 22.9 Å². The standard InChI is InChI=1S/C23H22N4O2/c1-14-8-7-10-17-15(2)12-20(24-22(14)17)27-21(13-16(3)26-27)25-23(28)18-9-5-6-11-19(18)29-4/h5-13H,1-4H3,(H,25,28). The van der Waals surface area contributed by atoms with Gasteiger partial charge < -0.3 is 10.1 Å². The fourth-order valence-electron chi connectivity index (χ4n) is 3.43. The summed E-state index contributed by atoms with van der Waals surface area (Å²) in [6.45, 7) is 5.97. The molecule has 2 aromatic carbocycles. The van der Waals surface area contributed by atoms with E-state index in [1.807, 2.05) is 44.2 Å². The van der Waals surface area contributed by atoms with Crippen molar-refractivity contribution < 1.29 is 9.53 Å². The van der Waals surface area contributed by atoms with Gasteiger partial charge in [0.1, 0.15) is 11.6 Å². The van der Waals surface area contributed by atoms with Crippen molar-refractivity contribution in [2.75, 3.05) is 12.4 Å². The molecule has 1 N–H and O–H groups in total. The van der Waals surface area contributed by atoms with Gasteiger partial charge in [-0.15, -0.1) is 0 Å². The van der Waals surface area contributed by atoms with E-state index in [2.05, 4.69) is 23.4 Å². The molecule has 4 rings (SSSR count). The Balaban J connectivity index is 1.77. The van der Waals surface area contributed by atoms with E-state index in [0.717, 1.165) is 27.7 Å². The third-order valence-corrected chi connectivity index (χ3v) is 4.88. The molecule has 0 aliphatic rings. The highest BCUT2D eigenvalue weighted by molar-refractivity contribution is 6.06. The SMILES string of the molecule is COc1ccccc1C(=O)Nc1cc(C)nn1-c1cc(C)c2cccc(C)c2n1. The Kier molecular flexibility index (Phi) is 4.76. The molecule has 0 aliphatic heterocycles. The fourth-order valence-corrected chi connectivity index (χ4v) is 3.43. The molecular weight excluding hydrogens is 364 g/mol. The van der Waals surface area contributed by atoms with Gasteiger partial charge in [0.15, 0.2) is 5.82 Å². The number of rotatable bonds is 4. The number of anilines is 1. The average Bonchev–Trinajstić information content (AvgIpc) is 3.08. The van der Waals surface area contributed by atoms with Crippen LogP contribution in [0.1, 0.15) is 27.2 Å². The second-order valence-corrected chi connectivity index (χ2v) is 7.01. The highest BCUT2D eigenvalue weighted by Crippen LogP contribution is 2.25. The Morgan fingerprint density at radius 1 is 1.00 bits per heavy atom. The van der Waals surface area contributed by atoms with Crippen molar-refractivity contribution in [1.29, 1.82) is 0 Å². The molecule has 29 heavy (non-hydrogen) atoms. The van der Waals surface area contributed by atoms with Gasteiger partial charge in [-0.1, -0.05) is 30.3 Å². The van der Waals surface area contributed by atoms with Crippen molar-refractivity contribution in [2.45, 2.75) is 20.8 Å². The van der Waals surface area contributed by atoms with Crippen molar-refractivity contribution in [3.05, 3.63) is 77.0 Å². The van der Waals surface area contributed by atoms with Crippen LogP contribution in [0.15, 0.2) is 54.6 Å². The lowest BCUT2D eigenvalue weighted by Crippen LogP contribution is -2.16. The van der Waals surface area contributed by atoms with E-state index < -0.39 is 0 Å². The van der Waals surface area contributed by atoms with Crippen LogP contribution >= 0.6 is 0 Å². The summed E-state index contributed by atoms with van der Waals surface area (Å²) < 4.78 is 6.97. The number of nitrogens with one attached hydrogen (secondary N) is 1. The third kappa shape index (κ3) is 3.45. The van der Waals surface area contributed by atoms with E-state index >= 15 is 0 Å². The smallest absolute Gasteiger partial charge is 0.260 e. The third-order valence-electron chi connectivity index (χ3n) is 4.88. The van der Waals surface area contributed by atoms with Crippen molar-refractivity contribution in [1.82, 2.24) is 14.8 Å². The van der Waals surface area contributed by atoms with Gasteiger partial charge in [0.05, 0.1) is 23.9 Å². The molecule has 2 heterocycles. The highest BCUT2D eigenvalue weighted by atomic mass is 16.5. The maximum atomic E-state index is 12.9. The number of hydrogen-bond donors (Lipinski definition) is 1. The predicted octanol–water partition coefficient (Wildman–Crippen LogP) is 4.61. The molecule has 2 aromatic heterocycles. The Hall–Kier alpha value is -3.67. The lowest BCUT2D eigenvalue weighted by molar-refractivity contribution is 0.102. The lowest BCUT2D eigenvalue weighted by Gasteiger charge is -2.12. The van der Waals surface area contributed by atoms with Crippen LogP contribution in [0.5, 0.6) is 5.75 Å². The number of amides is 1. The number of methoxy groups -OCH3 is 1. The molecule has 0 fully saturated rings. The molecule has 0 spiro atoms. The summed E-state index contributed by atoms with van der Waals surface area (Å²) in [4.78, 5) is 17.7. The van der Waals surface area contributed by atoms with Gasteiger partial charge in [-0.2, -0.15) is 9.78 Å². The Morgan fingerprint density at radius 2 is 1.79 bits per heavy atom. The number of pyridine rings is 1. The van der Waals surface area contributed by atoms with Crippen molar-refractivity contribution in [2.24, 2.45) is 0 Å². The first-order chi connectivity index (χ1) is 14.0. The minimum Gasteiger partial charge on any atom is -0.496 e. The maximum Gasteiger partial charge on any atom is 0.260 e. The monoisotopic (exact) mass is 386 g/mol. The van der Waals surface area contributed by atoms with Gasteiger partial charge in [0.2, 0.25) is 0 Å². The number of benzene rings is 2. The number of carbonyl (C=O) groups is 1. The first kappa shape index (κ1) is 18.7. The van der Waals surface area contributed by atoms with Crippen LogP contribution in [-0.2, 0) is 0 Å². The zero-order valence-corrected chi connectivity index (χ0v) is 16.9. The van der Waals surface area contributed by atoms with Crippen LogP contribution in [0.3, 0.4) is 0 Å². The van der Waals surface area contributed by atoms with Gasteiger partial charge in [-0.3, -0.25) is 4.79 Å². The second kappa shape index (κ2) is 7.39. The highest BCUT2D eigenvalue weighted by Gasteiger charge is 2.17. The van der Waals surface area contributed by atoms with Crippen molar-refractivity contribution in [3.63, 3.8) is 0 Å². The lowest BCUT2D eigenvalue weighted by atomic mass is 10.1. The van der Waals surface area contributed by atoms with Gasteiger partial charge in [-0.25, -0.2) is 4.98 Å². The molecule has 0 bridgehead atoms. The molecule has 6 nitrogen and oxygen atoms in total. The van der Waals surface area contributed by atoms with Crippen LogP contribution in [0.2, 0.25) is 0 Å². The molecule has 0 saturated carbocycles. The predicted molar refractivity (Wildman–Crippen MR) is 114 cm³/mol. The summed E-state index contributed by atoms with van der Waals surface area (Å²) in [6, 6.07) is 17.1. The number of aromatic nitrogens is 3. The summed E-state index contributed by atoms with van der Waals surface area (Å²) >= 11 is 0. The first-order valence-electron chi connectivity index (χ1n) is 9.36. The second-order valence-electron chi connectivity index (χ2n) is 7.01. The summed E-state index contributed by atoms with van der Waals surface area (Å²) in [5, 5.41) is 8.61. The van der Waals surface area contributed by atoms with Crippen LogP contribution < -0.4 is 10.1 Å². The average molecular weight is 386 g/mol. The molecule has 146 valence electrons. The van der Waals surface area contributed by atoms with E-state index in [4.69, 9.17) is 9.72 Å². The number of ether oxygens (including phenoxy) is 1. The summed E-state index contributed by atoms with van der Waals surface area (Å²) in [5.74, 6) is 1.46. The minimum atomic E-state index is -0.266. The Morgan fingerprint density at radius 3 is 2.59 bits per heavy atom. The van der Waals surface area contributed by atoms with Crippen LogP contribution in [0.4, 0.5) is 5.82 Å². The van der Waals surface area contributed by atoms with Gasteiger partial charge in [0, 0.05) is 11.5 Å². The molecule has 0 aliphatic carbocycles. The zero-order chi connectivity index (χ0) is 20.5. The van der Waals surface area contributed by atoms with E-state index in [1.54, 1.807) is 30.0 Å². The molecule has 1 amide bonds. The molecule has 6 heteroatoms. The molecule has 0 unspecified atom stereocenters. The molecule has 0 saturated heterocycles. The summed E-state index contributed by atoms with van der Waals surface area (Å²) in [6.07, 6.45) is 0. The van der Waals surface area contributed by atoms with E-state index in [1.165, 1.54) is 0 Å². The van der Waals surface area contributed by atoms with Crippen molar-refractivity contribution in [3.8, 4) is 11.6 Å². The van der Waals surface area contributed by atoms with Crippen molar-refractivity contribution >= 4 is 22.6 Å². The van der Waals surface area contributed by atoms with Crippen LogP contribution in [-0.4, -0.2) is 27.8 Å². The van der Waals surface area contributed by atoms with E-state index in [9.17, 15) is 4.79 Å². The quantitative estimate of drug-likeness (QED) is 0.556. The summed E-state index contributed by atoms with van der Waals surface area (Å²) in [7, 11) is 1.55. The van der Waals surface area contributed by atoms with Gasteiger partial charge >= 0.3 is 0 Å². The number of aryl methyl sites for hydroxylation is 3. The molecular formula is C23H22N4O2. The largest absolute Gasteiger partial charge is 0.496 e. The van der Waals surface area contributed by atoms with Gasteiger partial charge in [-0.05, 0) is 50.1 Å². The van der Waals surface area contributed by atoms with Crippen LogP contribution in [0.25, 0.3) is 16.7 Å². The number of hydrogen-bond acceptors (Lipinski definition) is 4. The van der Waals surface area contributed by atoms with E-state index in [-0.39, 0.29) is 5.91 Å². The normalized spacial score (nSPS) is 10.9. The van der Waals surface area contributed by atoms with Gasteiger partial charge in [0.25, 0.3) is 5.91 Å².